The van der Waals surface area contributed by atoms with Crippen molar-refractivity contribution in [1.29, 1.82) is 0 Å². The second-order valence-electron chi connectivity index (χ2n) is 5.02. The SMILES string of the molecule is NC(=O)CSCCC(=O)NCc1ccccc1Cn1cccn1. The maximum Gasteiger partial charge on any atom is 0.227 e. The summed E-state index contributed by atoms with van der Waals surface area (Å²) in [4.78, 5) is 22.4. The molecule has 0 atom stereocenters. The topological polar surface area (TPSA) is 90.0 Å². The molecule has 0 bridgehead atoms. The number of primary amides is 1. The maximum absolute atomic E-state index is 11.8. The summed E-state index contributed by atoms with van der Waals surface area (Å²) in [5.41, 5.74) is 7.24. The molecule has 0 saturated heterocycles. The number of hydrogen-bond donors (Lipinski definition) is 2. The zero-order chi connectivity index (χ0) is 16.5. The molecule has 0 aliphatic heterocycles. The second-order valence-corrected chi connectivity index (χ2v) is 6.12. The summed E-state index contributed by atoms with van der Waals surface area (Å²) >= 11 is 1.37. The Labute approximate surface area is 139 Å². The summed E-state index contributed by atoms with van der Waals surface area (Å²) in [6.45, 7) is 1.16. The number of benzene rings is 1. The Morgan fingerprint density at radius 2 is 2.00 bits per heavy atom. The van der Waals surface area contributed by atoms with Gasteiger partial charge in [-0.2, -0.15) is 16.9 Å². The van der Waals surface area contributed by atoms with Crippen molar-refractivity contribution >= 4 is 23.6 Å². The fraction of sp³-hybridized carbons (Fsp3) is 0.312. The van der Waals surface area contributed by atoms with Gasteiger partial charge in [0.2, 0.25) is 11.8 Å². The highest BCUT2D eigenvalue weighted by molar-refractivity contribution is 7.99. The van der Waals surface area contributed by atoms with E-state index >= 15 is 0 Å². The van der Waals surface area contributed by atoms with Gasteiger partial charge >= 0.3 is 0 Å². The number of nitrogens with one attached hydrogen (secondary N) is 1. The molecule has 2 amide bonds. The third kappa shape index (κ3) is 6.15. The lowest BCUT2D eigenvalue weighted by atomic mass is 10.1. The van der Waals surface area contributed by atoms with E-state index in [1.54, 1.807) is 6.20 Å². The largest absolute Gasteiger partial charge is 0.369 e. The van der Waals surface area contributed by atoms with Crippen LogP contribution >= 0.6 is 11.8 Å². The second kappa shape index (κ2) is 8.99. The highest BCUT2D eigenvalue weighted by Crippen LogP contribution is 2.10. The first-order valence-corrected chi connectivity index (χ1v) is 8.47. The summed E-state index contributed by atoms with van der Waals surface area (Å²) in [6, 6.07) is 9.85. The number of nitrogens with two attached hydrogens (primary N) is 1. The van der Waals surface area contributed by atoms with Crippen LogP contribution in [0.15, 0.2) is 42.7 Å². The molecule has 0 spiro atoms. The summed E-state index contributed by atoms with van der Waals surface area (Å²) in [6.07, 6.45) is 4.03. The predicted molar refractivity (Wildman–Crippen MR) is 90.8 cm³/mol. The van der Waals surface area contributed by atoms with Gasteiger partial charge in [0.05, 0.1) is 12.3 Å². The quantitative estimate of drug-likeness (QED) is 0.674. The smallest absolute Gasteiger partial charge is 0.227 e. The summed E-state index contributed by atoms with van der Waals surface area (Å²) in [5, 5.41) is 7.11. The van der Waals surface area contributed by atoms with Crippen molar-refractivity contribution in [2.45, 2.75) is 19.5 Å². The number of hydrogen-bond acceptors (Lipinski definition) is 4. The van der Waals surface area contributed by atoms with E-state index in [2.05, 4.69) is 10.4 Å². The number of carbonyl (C=O) groups excluding carboxylic acids is 2. The molecule has 122 valence electrons. The van der Waals surface area contributed by atoms with Crippen LogP contribution in [0.3, 0.4) is 0 Å². The molecule has 1 aromatic heterocycles. The van der Waals surface area contributed by atoms with E-state index in [0.717, 1.165) is 11.1 Å². The first-order chi connectivity index (χ1) is 11.1. The molecule has 0 aliphatic rings. The van der Waals surface area contributed by atoms with Gasteiger partial charge in [0.15, 0.2) is 0 Å². The molecule has 2 rings (SSSR count). The van der Waals surface area contributed by atoms with Crippen molar-refractivity contribution in [3.8, 4) is 0 Å². The third-order valence-electron chi connectivity index (χ3n) is 3.20. The van der Waals surface area contributed by atoms with E-state index in [0.29, 0.717) is 25.3 Å². The van der Waals surface area contributed by atoms with E-state index in [9.17, 15) is 9.59 Å². The molecule has 1 aromatic carbocycles. The van der Waals surface area contributed by atoms with Crippen molar-refractivity contribution in [1.82, 2.24) is 15.1 Å². The van der Waals surface area contributed by atoms with Crippen LogP contribution < -0.4 is 11.1 Å². The number of rotatable bonds is 9. The van der Waals surface area contributed by atoms with Gasteiger partial charge in [-0.15, -0.1) is 0 Å². The van der Waals surface area contributed by atoms with Gasteiger partial charge in [0.1, 0.15) is 0 Å². The van der Waals surface area contributed by atoms with Gasteiger partial charge in [-0.25, -0.2) is 0 Å². The first kappa shape index (κ1) is 17.1. The van der Waals surface area contributed by atoms with Crippen LogP contribution in [-0.2, 0) is 22.7 Å². The van der Waals surface area contributed by atoms with Crippen molar-refractivity contribution < 1.29 is 9.59 Å². The minimum Gasteiger partial charge on any atom is -0.369 e. The summed E-state index contributed by atoms with van der Waals surface area (Å²) in [5.74, 6) is 0.447. The summed E-state index contributed by atoms with van der Waals surface area (Å²) in [7, 11) is 0. The van der Waals surface area contributed by atoms with Crippen molar-refractivity contribution in [2.75, 3.05) is 11.5 Å². The van der Waals surface area contributed by atoms with Gasteiger partial charge in [-0.05, 0) is 17.2 Å². The minimum absolute atomic E-state index is 0.0316. The normalized spacial score (nSPS) is 10.4. The Bertz CT molecular complexity index is 643. The highest BCUT2D eigenvalue weighted by atomic mass is 32.2. The third-order valence-corrected chi connectivity index (χ3v) is 4.19. The molecule has 1 heterocycles. The van der Waals surface area contributed by atoms with Crippen molar-refractivity contribution in [2.24, 2.45) is 5.73 Å². The Morgan fingerprint density at radius 1 is 1.22 bits per heavy atom. The number of nitrogens with zero attached hydrogens (tertiary/aromatic N) is 2. The molecule has 0 aliphatic carbocycles. The van der Waals surface area contributed by atoms with Gasteiger partial charge in [0.25, 0.3) is 0 Å². The fourth-order valence-corrected chi connectivity index (χ4v) is 2.75. The van der Waals surface area contributed by atoms with Gasteiger partial charge < -0.3 is 11.1 Å². The van der Waals surface area contributed by atoms with Crippen LogP contribution in [-0.4, -0.2) is 33.1 Å². The summed E-state index contributed by atoms with van der Waals surface area (Å²) < 4.78 is 1.85. The van der Waals surface area contributed by atoms with Crippen LogP contribution in [0.2, 0.25) is 0 Å². The molecule has 0 saturated carbocycles. The Balaban J connectivity index is 1.81. The Hall–Kier alpha value is -2.28. The molecule has 0 fully saturated rings. The first-order valence-electron chi connectivity index (χ1n) is 7.32. The molecule has 3 N–H and O–H groups in total. The Kier molecular flexibility index (Phi) is 6.68. The zero-order valence-corrected chi connectivity index (χ0v) is 13.6. The number of amides is 2. The lowest BCUT2D eigenvalue weighted by Crippen LogP contribution is -2.24. The lowest BCUT2D eigenvalue weighted by Gasteiger charge is -2.11. The number of aromatic nitrogens is 2. The van der Waals surface area contributed by atoms with Crippen LogP contribution in [0.1, 0.15) is 17.5 Å². The fourth-order valence-electron chi connectivity index (χ4n) is 2.07. The minimum atomic E-state index is -0.358. The molecule has 7 heteroatoms. The molecule has 0 unspecified atom stereocenters. The highest BCUT2D eigenvalue weighted by Gasteiger charge is 2.06. The monoisotopic (exact) mass is 332 g/mol. The molecular weight excluding hydrogens is 312 g/mol. The predicted octanol–water partition coefficient (Wildman–Crippen LogP) is 1.16. The van der Waals surface area contributed by atoms with Crippen LogP contribution in [0.5, 0.6) is 0 Å². The average Bonchev–Trinajstić information content (AvgIpc) is 3.03. The van der Waals surface area contributed by atoms with Crippen molar-refractivity contribution in [3.05, 3.63) is 53.9 Å². The Morgan fingerprint density at radius 3 is 2.70 bits per heavy atom. The van der Waals surface area contributed by atoms with Gasteiger partial charge in [-0.3, -0.25) is 14.3 Å². The zero-order valence-electron chi connectivity index (χ0n) is 12.8. The van der Waals surface area contributed by atoms with Crippen LogP contribution in [0.4, 0.5) is 0 Å². The van der Waals surface area contributed by atoms with E-state index in [-0.39, 0.29) is 17.6 Å². The van der Waals surface area contributed by atoms with E-state index in [1.165, 1.54) is 11.8 Å². The van der Waals surface area contributed by atoms with Gasteiger partial charge in [0, 0.05) is 31.1 Å². The van der Waals surface area contributed by atoms with E-state index < -0.39 is 0 Å². The molecular formula is C16H20N4O2S. The van der Waals surface area contributed by atoms with Crippen LogP contribution in [0, 0.1) is 0 Å². The standard InChI is InChI=1S/C16H20N4O2S/c17-15(21)12-23-9-6-16(22)18-10-13-4-1-2-5-14(13)11-20-8-3-7-19-20/h1-5,7-8H,6,9-12H2,(H2,17,21)(H,18,22). The number of carbonyl (C=O) groups is 2. The van der Waals surface area contributed by atoms with Gasteiger partial charge in [-0.1, -0.05) is 24.3 Å². The van der Waals surface area contributed by atoms with Crippen LogP contribution in [0.25, 0.3) is 0 Å². The molecule has 2 aromatic rings. The van der Waals surface area contributed by atoms with E-state index in [1.807, 2.05) is 41.2 Å². The molecule has 0 radical (unpaired) electrons. The lowest BCUT2D eigenvalue weighted by molar-refractivity contribution is -0.121. The number of thioether (sulfide) groups is 1. The van der Waals surface area contributed by atoms with E-state index in [4.69, 9.17) is 5.73 Å². The molecule has 23 heavy (non-hydrogen) atoms. The maximum atomic E-state index is 11.8. The molecule has 6 nitrogen and oxygen atoms in total. The van der Waals surface area contributed by atoms with Crippen molar-refractivity contribution in [3.63, 3.8) is 0 Å². The average molecular weight is 332 g/mol.